The first-order valence-corrected chi connectivity index (χ1v) is 10.1. The zero-order valence-electron chi connectivity index (χ0n) is 11.9. The summed E-state index contributed by atoms with van der Waals surface area (Å²) >= 11 is 8.91. The summed E-state index contributed by atoms with van der Waals surface area (Å²) in [6.07, 6.45) is 5.00. The van der Waals surface area contributed by atoms with Gasteiger partial charge in [0.15, 0.2) is 0 Å². The molecule has 1 N–H and O–H groups in total. The zero-order valence-corrected chi connectivity index (χ0v) is 17.0. The molecule has 4 aromatic heterocycles. The van der Waals surface area contributed by atoms with E-state index < -0.39 is 0 Å². The average molecular weight is 483 g/mol. The summed E-state index contributed by atoms with van der Waals surface area (Å²) in [4.78, 5) is 21.8. The molecule has 0 aromatic carbocycles. The van der Waals surface area contributed by atoms with Crippen LogP contribution in [-0.4, -0.2) is 58.1 Å². The number of imidazole rings is 1. The van der Waals surface area contributed by atoms with Gasteiger partial charge >= 0.3 is 162 Å². The quantitative estimate of drug-likeness (QED) is 0.441. The van der Waals surface area contributed by atoms with Gasteiger partial charge in [-0.1, -0.05) is 0 Å². The van der Waals surface area contributed by atoms with E-state index in [1.807, 2.05) is 4.57 Å². The Morgan fingerprint density at radius 3 is 2.96 bits per heavy atom. The van der Waals surface area contributed by atoms with Gasteiger partial charge in [-0.25, -0.2) is 0 Å². The van der Waals surface area contributed by atoms with Gasteiger partial charge in [0.1, 0.15) is 0 Å². The van der Waals surface area contributed by atoms with Crippen LogP contribution in [-0.2, 0) is 6.54 Å². The molecule has 4 rings (SSSR count). The molecule has 0 aliphatic rings. The van der Waals surface area contributed by atoms with Crippen molar-refractivity contribution in [2.24, 2.45) is 0 Å². The first-order valence-electron chi connectivity index (χ1n) is 6.76. The van der Waals surface area contributed by atoms with Crippen LogP contribution >= 0.6 is 39.0 Å². The predicted molar refractivity (Wildman–Crippen MR) is 97.0 cm³/mol. The Morgan fingerprint density at radius 1 is 1.29 bits per heavy atom. The summed E-state index contributed by atoms with van der Waals surface area (Å²) in [7, 11) is 0. The number of pyridine rings is 1. The Hall–Kier alpha value is -1.06. The van der Waals surface area contributed by atoms with E-state index in [-0.39, 0.29) is 6.61 Å². The van der Waals surface area contributed by atoms with Gasteiger partial charge in [-0.15, -0.1) is 0 Å². The summed E-state index contributed by atoms with van der Waals surface area (Å²) in [6.45, 7) is 0.421. The van der Waals surface area contributed by atoms with Crippen LogP contribution in [0.4, 0.5) is 0 Å². The van der Waals surface area contributed by atoms with Crippen molar-refractivity contribution in [2.75, 3.05) is 6.61 Å². The van der Waals surface area contributed by atoms with Crippen molar-refractivity contribution in [3.8, 4) is 0 Å². The van der Waals surface area contributed by atoms with Crippen LogP contribution in [0.5, 0.6) is 0 Å². The number of fused-ring (bicyclic) bond motifs is 2. The number of aliphatic hydroxyl groups is 1. The number of nitrogens with zero attached hydrogens (tertiary/aromatic N) is 6. The summed E-state index contributed by atoms with van der Waals surface area (Å²) in [6, 6.07) is 0. The van der Waals surface area contributed by atoms with E-state index in [1.54, 1.807) is 23.7 Å². The standard InChI is InChI=1S/C13H8AsBrN6OS2/c14-10-8-11(18-5-17-10)21(1-2-22)12(20-8)24-13-19-7-4-16-3-6(15)9(7)23-13/h3-5,22H,1-2H2. The second-order valence-electron chi connectivity index (χ2n) is 4.69. The van der Waals surface area contributed by atoms with Gasteiger partial charge in [-0.3, -0.25) is 0 Å². The Bertz CT molecular complexity index is 1050. The molecule has 0 aliphatic heterocycles. The number of aliphatic hydroxyl groups excluding tert-OH is 1. The van der Waals surface area contributed by atoms with Crippen LogP contribution in [0.25, 0.3) is 21.4 Å². The van der Waals surface area contributed by atoms with Crippen molar-refractivity contribution in [3.05, 3.63) is 23.2 Å². The number of aromatic nitrogens is 6. The van der Waals surface area contributed by atoms with Gasteiger partial charge in [0.2, 0.25) is 0 Å². The van der Waals surface area contributed by atoms with Crippen molar-refractivity contribution < 1.29 is 5.11 Å². The Balaban J connectivity index is 1.81. The van der Waals surface area contributed by atoms with E-state index >= 15 is 0 Å². The maximum absolute atomic E-state index is 9.38. The molecule has 0 atom stereocenters. The third-order valence-electron chi connectivity index (χ3n) is 3.22. The molecule has 11 heteroatoms. The molecule has 120 valence electrons. The molecule has 0 aliphatic carbocycles. The van der Waals surface area contributed by atoms with Crippen molar-refractivity contribution in [1.82, 2.24) is 29.5 Å². The SMILES string of the molecule is OCCn1c(Sc2nc3cncc(Br)c3s2)nc2c([As])ncnc21. The number of hydrogen-bond acceptors (Lipinski definition) is 8. The van der Waals surface area contributed by atoms with Gasteiger partial charge in [0.25, 0.3) is 0 Å². The van der Waals surface area contributed by atoms with Gasteiger partial charge in [-0.05, 0) is 0 Å². The molecule has 0 spiro atoms. The van der Waals surface area contributed by atoms with Crippen LogP contribution in [0.15, 0.2) is 32.7 Å². The van der Waals surface area contributed by atoms with Crippen LogP contribution in [0.3, 0.4) is 0 Å². The van der Waals surface area contributed by atoms with Crippen LogP contribution in [0.1, 0.15) is 0 Å². The first kappa shape index (κ1) is 16.4. The third kappa shape index (κ3) is 2.86. The molecule has 0 saturated heterocycles. The molecular weight excluding hydrogens is 475 g/mol. The fourth-order valence-corrected chi connectivity index (χ4v) is 5.23. The molecule has 2 radical (unpaired) electrons. The Morgan fingerprint density at radius 2 is 2.17 bits per heavy atom. The first-order chi connectivity index (χ1) is 11.7. The molecule has 7 nitrogen and oxygen atoms in total. The van der Waals surface area contributed by atoms with Crippen LogP contribution in [0.2, 0.25) is 0 Å². The van der Waals surface area contributed by atoms with E-state index in [4.69, 9.17) is 0 Å². The molecule has 24 heavy (non-hydrogen) atoms. The van der Waals surface area contributed by atoms with Gasteiger partial charge in [-0.2, -0.15) is 0 Å². The minimum atomic E-state index is 0.00619. The van der Waals surface area contributed by atoms with Gasteiger partial charge in [0.05, 0.1) is 0 Å². The van der Waals surface area contributed by atoms with E-state index in [1.165, 1.54) is 18.1 Å². The van der Waals surface area contributed by atoms with Crippen molar-refractivity contribution >= 4 is 81.7 Å². The van der Waals surface area contributed by atoms with Crippen LogP contribution in [0, 0.1) is 0 Å². The fourth-order valence-electron chi connectivity index (χ4n) is 2.21. The van der Waals surface area contributed by atoms with Crippen LogP contribution < -0.4 is 4.48 Å². The van der Waals surface area contributed by atoms with E-state index in [9.17, 15) is 5.11 Å². The Kier molecular flexibility index (Phi) is 4.57. The van der Waals surface area contributed by atoms with E-state index in [0.29, 0.717) is 12.2 Å². The molecule has 0 amide bonds. The molecule has 0 unspecified atom stereocenters. The van der Waals surface area contributed by atoms with Crippen molar-refractivity contribution in [3.63, 3.8) is 0 Å². The number of halogens is 1. The summed E-state index contributed by atoms with van der Waals surface area (Å²) in [5, 5.41) is 10.1. The maximum atomic E-state index is 9.38. The second kappa shape index (κ2) is 6.68. The monoisotopic (exact) mass is 482 g/mol. The van der Waals surface area contributed by atoms with Crippen molar-refractivity contribution in [1.29, 1.82) is 0 Å². The predicted octanol–water partition coefficient (Wildman–Crippen LogP) is 1.53. The van der Waals surface area contributed by atoms with Crippen molar-refractivity contribution in [2.45, 2.75) is 16.0 Å². The molecule has 4 aromatic rings. The number of hydrogen-bond donors (Lipinski definition) is 1. The minimum absolute atomic E-state index is 0.00619. The third-order valence-corrected chi connectivity index (χ3v) is 6.92. The summed E-state index contributed by atoms with van der Waals surface area (Å²) in [5.74, 6) is 0. The topological polar surface area (TPSA) is 89.6 Å². The molecule has 4 heterocycles. The normalized spacial score (nSPS) is 11.6. The molecule has 0 fully saturated rings. The summed E-state index contributed by atoms with van der Waals surface area (Å²) < 4.78 is 5.46. The second-order valence-corrected chi connectivity index (χ2v) is 8.65. The average Bonchev–Trinajstić information content (AvgIpc) is 3.12. The summed E-state index contributed by atoms with van der Waals surface area (Å²) in [5.41, 5.74) is 2.27. The molecule has 0 bridgehead atoms. The van der Waals surface area contributed by atoms with E-state index in [0.717, 1.165) is 34.2 Å². The molecular formula is C13H8AsBrN6OS2. The Labute approximate surface area is 161 Å². The fraction of sp³-hybridized carbons (Fsp3) is 0.154. The number of thiazole rings is 1. The molecule has 0 saturated carbocycles. The zero-order chi connectivity index (χ0) is 16.7. The van der Waals surface area contributed by atoms with Gasteiger partial charge < -0.3 is 0 Å². The van der Waals surface area contributed by atoms with E-state index in [2.05, 4.69) is 57.7 Å². The van der Waals surface area contributed by atoms with Gasteiger partial charge in [0, 0.05) is 0 Å². The number of rotatable bonds is 4.